The standard InChI is InChI=1S/C20H27N5O2/c1-2-4-18(5-3-1)27-17-12-23-8-10-24(11-9-23)19-6-7-20(22-21-19)25-13-15-26-16-14-25/h1-7H,8-17H2. The van der Waals surface area contributed by atoms with Gasteiger partial charge in [-0.1, -0.05) is 18.2 Å². The van der Waals surface area contributed by atoms with Crippen molar-refractivity contribution in [3.8, 4) is 5.75 Å². The monoisotopic (exact) mass is 369 g/mol. The van der Waals surface area contributed by atoms with Crippen LogP contribution in [0.15, 0.2) is 42.5 Å². The van der Waals surface area contributed by atoms with Gasteiger partial charge in [-0.25, -0.2) is 0 Å². The Balaban J connectivity index is 1.21. The minimum Gasteiger partial charge on any atom is -0.492 e. The van der Waals surface area contributed by atoms with Crippen molar-refractivity contribution < 1.29 is 9.47 Å². The SMILES string of the molecule is c1ccc(OCCN2CCN(c3ccc(N4CCOCC4)nn3)CC2)cc1. The molecule has 1 aromatic heterocycles. The Kier molecular flexibility index (Phi) is 6.01. The van der Waals surface area contributed by atoms with Crippen LogP contribution in [0.4, 0.5) is 11.6 Å². The molecule has 4 rings (SSSR count). The van der Waals surface area contributed by atoms with Gasteiger partial charge in [-0.15, -0.1) is 10.2 Å². The van der Waals surface area contributed by atoms with Crippen molar-refractivity contribution >= 4 is 11.6 Å². The third-order valence-electron chi connectivity index (χ3n) is 5.09. The second-order valence-corrected chi connectivity index (χ2v) is 6.84. The van der Waals surface area contributed by atoms with E-state index >= 15 is 0 Å². The van der Waals surface area contributed by atoms with Crippen LogP contribution in [0.25, 0.3) is 0 Å². The van der Waals surface area contributed by atoms with E-state index in [9.17, 15) is 0 Å². The van der Waals surface area contributed by atoms with Gasteiger partial charge in [0.15, 0.2) is 11.6 Å². The number of ether oxygens (including phenoxy) is 2. The van der Waals surface area contributed by atoms with E-state index in [2.05, 4.69) is 37.0 Å². The molecule has 7 nitrogen and oxygen atoms in total. The molecule has 0 N–H and O–H groups in total. The van der Waals surface area contributed by atoms with Gasteiger partial charge in [-0.05, 0) is 24.3 Å². The van der Waals surface area contributed by atoms with Crippen LogP contribution < -0.4 is 14.5 Å². The van der Waals surface area contributed by atoms with E-state index < -0.39 is 0 Å². The zero-order valence-corrected chi connectivity index (χ0v) is 15.7. The molecule has 3 heterocycles. The van der Waals surface area contributed by atoms with Crippen molar-refractivity contribution in [2.75, 3.05) is 75.4 Å². The molecule has 1 aromatic carbocycles. The maximum atomic E-state index is 5.80. The molecule has 0 spiro atoms. The molecular weight excluding hydrogens is 342 g/mol. The number of para-hydroxylation sites is 1. The summed E-state index contributed by atoms with van der Waals surface area (Å²) in [7, 11) is 0. The Bertz CT molecular complexity index is 683. The summed E-state index contributed by atoms with van der Waals surface area (Å²) in [6.07, 6.45) is 0. The highest BCUT2D eigenvalue weighted by Gasteiger charge is 2.19. The van der Waals surface area contributed by atoms with Crippen molar-refractivity contribution in [3.63, 3.8) is 0 Å². The summed E-state index contributed by atoms with van der Waals surface area (Å²) in [5, 5.41) is 8.88. The summed E-state index contributed by atoms with van der Waals surface area (Å²) in [5.41, 5.74) is 0. The Morgan fingerprint density at radius 3 is 2.04 bits per heavy atom. The highest BCUT2D eigenvalue weighted by molar-refractivity contribution is 5.45. The van der Waals surface area contributed by atoms with Crippen LogP contribution in [0.5, 0.6) is 5.75 Å². The molecular formula is C20H27N5O2. The first-order valence-corrected chi connectivity index (χ1v) is 9.70. The Morgan fingerprint density at radius 1 is 0.778 bits per heavy atom. The Labute approximate surface area is 160 Å². The lowest BCUT2D eigenvalue weighted by atomic mass is 10.3. The molecule has 2 saturated heterocycles. The Morgan fingerprint density at radius 2 is 1.41 bits per heavy atom. The maximum absolute atomic E-state index is 5.80. The van der Waals surface area contributed by atoms with Crippen molar-refractivity contribution in [1.29, 1.82) is 0 Å². The number of rotatable bonds is 6. The minimum absolute atomic E-state index is 0.720. The fourth-order valence-electron chi connectivity index (χ4n) is 3.46. The molecule has 2 aliphatic heterocycles. The van der Waals surface area contributed by atoms with E-state index in [1.165, 1.54) is 0 Å². The predicted molar refractivity (Wildman–Crippen MR) is 106 cm³/mol. The van der Waals surface area contributed by atoms with Gasteiger partial charge in [0.05, 0.1) is 13.2 Å². The van der Waals surface area contributed by atoms with Crippen LogP contribution in [0.2, 0.25) is 0 Å². The smallest absolute Gasteiger partial charge is 0.151 e. The number of aromatic nitrogens is 2. The van der Waals surface area contributed by atoms with Gasteiger partial charge in [0.2, 0.25) is 0 Å². The number of hydrogen-bond acceptors (Lipinski definition) is 7. The van der Waals surface area contributed by atoms with E-state index in [1.807, 2.05) is 30.3 Å². The van der Waals surface area contributed by atoms with E-state index in [1.54, 1.807) is 0 Å². The first-order valence-electron chi connectivity index (χ1n) is 9.70. The lowest BCUT2D eigenvalue weighted by Gasteiger charge is -2.35. The fourth-order valence-corrected chi connectivity index (χ4v) is 3.46. The summed E-state index contributed by atoms with van der Waals surface area (Å²) in [6, 6.07) is 14.2. The van der Waals surface area contributed by atoms with Gasteiger partial charge in [0.1, 0.15) is 12.4 Å². The van der Waals surface area contributed by atoms with E-state index in [4.69, 9.17) is 9.47 Å². The largest absolute Gasteiger partial charge is 0.492 e. The molecule has 144 valence electrons. The molecule has 0 aliphatic carbocycles. The average Bonchev–Trinajstić information content (AvgIpc) is 2.76. The van der Waals surface area contributed by atoms with Crippen LogP contribution in [0.1, 0.15) is 0 Å². The van der Waals surface area contributed by atoms with Gasteiger partial charge >= 0.3 is 0 Å². The topological polar surface area (TPSA) is 54.0 Å². The van der Waals surface area contributed by atoms with E-state index in [0.29, 0.717) is 0 Å². The molecule has 2 fully saturated rings. The molecule has 27 heavy (non-hydrogen) atoms. The highest BCUT2D eigenvalue weighted by atomic mass is 16.5. The molecule has 7 heteroatoms. The van der Waals surface area contributed by atoms with Crippen molar-refractivity contribution in [3.05, 3.63) is 42.5 Å². The number of hydrogen-bond donors (Lipinski definition) is 0. The Hall–Kier alpha value is -2.38. The first kappa shape index (κ1) is 18.0. The predicted octanol–water partition coefficient (Wildman–Crippen LogP) is 1.51. The highest BCUT2D eigenvalue weighted by Crippen LogP contribution is 2.17. The first-order chi connectivity index (χ1) is 13.4. The summed E-state index contributed by atoms with van der Waals surface area (Å²) >= 11 is 0. The zero-order valence-electron chi connectivity index (χ0n) is 15.7. The number of anilines is 2. The van der Waals surface area contributed by atoms with Crippen molar-refractivity contribution in [2.24, 2.45) is 0 Å². The molecule has 0 bridgehead atoms. The molecule has 0 radical (unpaired) electrons. The van der Waals surface area contributed by atoms with Gasteiger partial charge in [0.25, 0.3) is 0 Å². The van der Waals surface area contributed by atoms with Crippen LogP contribution in [0, 0.1) is 0 Å². The minimum atomic E-state index is 0.720. The second-order valence-electron chi connectivity index (χ2n) is 6.84. The molecule has 0 unspecified atom stereocenters. The number of piperazine rings is 1. The van der Waals surface area contributed by atoms with Crippen LogP contribution in [-0.4, -0.2) is 80.7 Å². The molecule has 0 saturated carbocycles. The summed E-state index contributed by atoms with van der Waals surface area (Å²) in [6.45, 7) is 8.95. The van der Waals surface area contributed by atoms with Crippen LogP contribution in [0.3, 0.4) is 0 Å². The maximum Gasteiger partial charge on any atom is 0.151 e. The molecule has 2 aliphatic rings. The van der Waals surface area contributed by atoms with Crippen molar-refractivity contribution in [2.45, 2.75) is 0 Å². The van der Waals surface area contributed by atoms with Crippen molar-refractivity contribution in [1.82, 2.24) is 15.1 Å². The average molecular weight is 369 g/mol. The number of nitrogens with zero attached hydrogens (tertiary/aromatic N) is 5. The quantitative estimate of drug-likeness (QED) is 0.765. The van der Waals surface area contributed by atoms with Gasteiger partial charge in [-0.2, -0.15) is 0 Å². The van der Waals surface area contributed by atoms with Crippen LogP contribution in [-0.2, 0) is 4.74 Å². The normalized spacial score (nSPS) is 18.5. The third kappa shape index (κ3) is 4.87. The summed E-state index contributed by atoms with van der Waals surface area (Å²) in [5.74, 6) is 2.85. The van der Waals surface area contributed by atoms with E-state index in [-0.39, 0.29) is 0 Å². The van der Waals surface area contributed by atoms with Gasteiger partial charge < -0.3 is 19.3 Å². The molecule has 0 amide bonds. The molecule has 2 aromatic rings. The number of morpholine rings is 1. The summed E-state index contributed by atoms with van der Waals surface area (Å²) in [4.78, 5) is 6.98. The third-order valence-corrected chi connectivity index (χ3v) is 5.09. The number of benzene rings is 1. The lowest BCUT2D eigenvalue weighted by molar-refractivity contribution is 0.122. The summed E-state index contributed by atoms with van der Waals surface area (Å²) < 4.78 is 11.2. The van der Waals surface area contributed by atoms with Gasteiger partial charge in [0, 0.05) is 45.8 Å². The second kappa shape index (κ2) is 9.01. The zero-order chi connectivity index (χ0) is 18.3. The van der Waals surface area contributed by atoms with Gasteiger partial charge in [-0.3, -0.25) is 4.90 Å². The fraction of sp³-hybridized carbons (Fsp3) is 0.500. The van der Waals surface area contributed by atoms with E-state index in [0.717, 1.165) is 83.0 Å². The lowest BCUT2D eigenvalue weighted by Crippen LogP contribution is -2.47. The van der Waals surface area contributed by atoms with Crippen LogP contribution >= 0.6 is 0 Å². The molecule has 0 atom stereocenters.